The Morgan fingerprint density at radius 2 is 1.93 bits per heavy atom. The first-order valence-electron chi connectivity index (χ1n) is 4.68. The molecule has 0 aromatic heterocycles. The van der Waals surface area contributed by atoms with Crippen molar-refractivity contribution in [2.24, 2.45) is 0 Å². The Balaban J connectivity index is 3.41. The summed E-state index contributed by atoms with van der Waals surface area (Å²) in [5.41, 5.74) is 1.82. The van der Waals surface area contributed by atoms with E-state index in [2.05, 4.69) is 55.5 Å². The van der Waals surface area contributed by atoms with Crippen molar-refractivity contribution in [3.8, 4) is 11.8 Å². The van der Waals surface area contributed by atoms with Crippen molar-refractivity contribution >= 4 is 22.6 Å². The van der Waals surface area contributed by atoms with Gasteiger partial charge in [0.1, 0.15) is 11.8 Å². The molecule has 0 saturated carbocycles. The molecule has 80 valence electrons. The van der Waals surface area contributed by atoms with Gasteiger partial charge in [-0.1, -0.05) is 20.8 Å². The molecule has 0 unspecified atom stereocenters. The lowest BCUT2D eigenvalue weighted by molar-refractivity contribution is 0.409. The zero-order chi connectivity index (χ0) is 11.6. The standard InChI is InChI=1S/C12H14INO/c1-12(2,3)9-5-8(7-14)11(15-4)10(13)6-9/h5-6H,1-4H3. The number of ether oxygens (including phenoxy) is 1. The van der Waals surface area contributed by atoms with Crippen LogP contribution in [0.1, 0.15) is 31.9 Å². The predicted octanol–water partition coefficient (Wildman–Crippen LogP) is 3.47. The first kappa shape index (κ1) is 12.3. The van der Waals surface area contributed by atoms with Crippen LogP contribution in [0.15, 0.2) is 12.1 Å². The van der Waals surface area contributed by atoms with Gasteiger partial charge < -0.3 is 4.74 Å². The first-order chi connectivity index (χ1) is 6.90. The van der Waals surface area contributed by atoms with Crippen LogP contribution in [0.3, 0.4) is 0 Å². The normalized spacial score (nSPS) is 10.9. The Morgan fingerprint density at radius 1 is 1.33 bits per heavy atom. The molecule has 1 aromatic rings. The zero-order valence-electron chi connectivity index (χ0n) is 9.39. The van der Waals surface area contributed by atoms with Crippen LogP contribution in [0, 0.1) is 14.9 Å². The average Bonchev–Trinajstić information content (AvgIpc) is 2.15. The third-order valence-electron chi connectivity index (χ3n) is 2.23. The number of hydrogen-bond donors (Lipinski definition) is 0. The maximum atomic E-state index is 9.03. The van der Waals surface area contributed by atoms with Crippen LogP contribution in [0.25, 0.3) is 0 Å². The molecular formula is C12H14INO. The molecule has 0 radical (unpaired) electrons. The van der Waals surface area contributed by atoms with E-state index in [1.165, 1.54) is 0 Å². The largest absolute Gasteiger partial charge is 0.494 e. The second-order valence-corrected chi connectivity index (χ2v) is 5.56. The van der Waals surface area contributed by atoms with Crippen molar-refractivity contribution in [3.05, 3.63) is 26.8 Å². The molecule has 0 N–H and O–H groups in total. The summed E-state index contributed by atoms with van der Waals surface area (Å²) in [4.78, 5) is 0. The van der Waals surface area contributed by atoms with Gasteiger partial charge in [0.05, 0.1) is 16.2 Å². The number of nitrogens with zero attached hydrogens (tertiary/aromatic N) is 1. The number of nitriles is 1. The van der Waals surface area contributed by atoms with Crippen LogP contribution in [-0.4, -0.2) is 7.11 Å². The lowest BCUT2D eigenvalue weighted by Crippen LogP contribution is -2.12. The Kier molecular flexibility index (Phi) is 3.61. The lowest BCUT2D eigenvalue weighted by Gasteiger charge is -2.20. The van der Waals surface area contributed by atoms with Crippen molar-refractivity contribution in [1.29, 1.82) is 5.26 Å². The molecule has 0 heterocycles. The summed E-state index contributed by atoms with van der Waals surface area (Å²) in [7, 11) is 1.59. The van der Waals surface area contributed by atoms with E-state index in [4.69, 9.17) is 10.00 Å². The SMILES string of the molecule is COc1c(I)cc(C(C)(C)C)cc1C#N. The number of benzene rings is 1. The average molecular weight is 315 g/mol. The van der Waals surface area contributed by atoms with E-state index in [9.17, 15) is 0 Å². The topological polar surface area (TPSA) is 33.0 Å². The molecule has 0 atom stereocenters. The van der Waals surface area contributed by atoms with Gasteiger partial charge in [-0.2, -0.15) is 5.26 Å². The number of hydrogen-bond acceptors (Lipinski definition) is 2. The van der Waals surface area contributed by atoms with Gasteiger partial charge in [-0.15, -0.1) is 0 Å². The highest BCUT2D eigenvalue weighted by Gasteiger charge is 2.18. The number of halogens is 1. The van der Waals surface area contributed by atoms with Gasteiger partial charge in [0.25, 0.3) is 0 Å². The molecular weight excluding hydrogens is 301 g/mol. The molecule has 2 nitrogen and oxygen atoms in total. The summed E-state index contributed by atoms with van der Waals surface area (Å²) >= 11 is 2.20. The molecule has 0 saturated heterocycles. The van der Waals surface area contributed by atoms with Crippen molar-refractivity contribution in [1.82, 2.24) is 0 Å². The van der Waals surface area contributed by atoms with Crippen molar-refractivity contribution in [3.63, 3.8) is 0 Å². The Hall–Kier alpha value is -0.760. The molecule has 0 amide bonds. The van der Waals surface area contributed by atoms with Gasteiger partial charge in [-0.3, -0.25) is 0 Å². The minimum absolute atomic E-state index is 0.0534. The number of methoxy groups -OCH3 is 1. The van der Waals surface area contributed by atoms with E-state index >= 15 is 0 Å². The highest BCUT2D eigenvalue weighted by atomic mass is 127. The van der Waals surface area contributed by atoms with Gasteiger partial charge in [0.15, 0.2) is 0 Å². The fourth-order valence-electron chi connectivity index (χ4n) is 1.32. The fraction of sp³-hybridized carbons (Fsp3) is 0.417. The summed E-state index contributed by atoms with van der Waals surface area (Å²) in [5, 5.41) is 9.03. The van der Waals surface area contributed by atoms with Gasteiger partial charge in [0.2, 0.25) is 0 Å². The second-order valence-electron chi connectivity index (χ2n) is 4.40. The second kappa shape index (κ2) is 4.40. The Labute approximate surface area is 104 Å². The predicted molar refractivity (Wildman–Crippen MR) is 69.1 cm³/mol. The molecule has 0 aliphatic rings. The quantitative estimate of drug-likeness (QED) is 0.744. The molecule has 1 rings (SSSR count). The van der Waals surface area contributed by atoms with Gasteiger partial charge in [0, 0.05) is 0 Å². The smallest absolute Gasteiger partial charge is 0.149 e. The van der Waals surface area contributed by atoms with E-state index in [1.54, 1.807) is 7.11 Å². The molecule has 0 bridgehead atoms. The summed E-state index contributed by atoms with van der Waals surface area (Å²) in [5.74, 6) is 0.672. The number of rotatable bonds is 1. The molecule has 0 spiro atoms. The summed E-state index contributed by atoms with van der Waals surface area (Å²) in [6.45, 7) is 6.39. The van der Waals surface area contributed by atoms with Gasteiger partial charge in [-0.25, -0.2) is 0 Å². The minimum atomic E-state index is 0.0534. The molecule has 0 fully saturated rings. The van der Waals surface area contributed by atoms with Crippen molar-refractivity contribution in [2.75, 3.05) is 7.11 Å². The highest BCUT2D eigenvalue weighted by molar-refractivity contribution is 14.1. The maximum Gasteiger partial charge on any atom is 0.149 e. The third-order valence-corrected chi connectivity index (χ3v) is 3.04. The zero-order valence-corrected chi connectivity index (χ0v) is 11.5. The van der Waals surface area contributed by atoms with E-state index in [0.717, 1.165) is 9.13 Å². The van der Waals surface area contributed by atoms with Crippen LogP contribution in [0.2, 0.25) is 0 Å². The van der Waals surface area contributed by atoms with Crippen LogP contribution in [0.4, 0.5) is 0 Å². The Bertz CT molecular complexity index is 413. The maximum absolute atomic E-state index is 9.03. The van der Waals surface area contributed by atoms with Crippen molar-refractivity contribution < 1.29 is 4.74 Å². The van der Waals surface area contributed by atoms with Crippen LogP contribution >= 0.6 is 22.6 Å². The summed E-state index contributed by atoms with van der Waals surface area (Å²) in [6.07, 6.45) is 0. The first-order valence-corrected chi connectivity index (χ1v) is 5.76. The van der Waals surface area contributed by atoms with Crippen molar-refractivity contribution in [2.45, 2.75) is 26.2 Å². The highest BCUT2D eigenvalue weighted by Crippen LogP contribution is 2.32. The summed E-state index contributed by atoms with van der Waals surface area (Å²) in [6, 6.07) is 6.14. The monoisotopic (exact) mass is 315 g/mol. The van der Waals surface area contributed by atoms with Crippen LogP contribution in [0.5, 0.6) is 5.75 Å². The minimum Gasteiger partial charge on any atom is -0.494 e. The van der Waals surface area contributed by atoms with Crippen LogP contribution < -0.4 is 4.74 Å². The molecule has 3 heteroatoms. The van der Waals surface area contributed by atoms with E-state index in [1.807, 2.05) is 6.07 Å². The van der Waals surface area contributed by atoms with Gasteiger partial charge >= 0.3 is 0 Å². The summed E-state index contributed by atoms with van der Waals surface area (Å²) < 4.78 is 6.19. The van der Waals surface area contributed by atoms with E-state index in [0.29, 0.717) is 11.3 Å². The van der Waals surface area contributed by atoms with Crippen LogP contribution in [-0.2, 0) is 5.41 Å². The molecule has 0 aliphatic carbocycles. The fourth-order valence-corrected chi connectivity index (χ4v) is 2.16. The lowest BCUT2D eigenvalue weighted by atomic mass is 9.86. The third kappa shape index (κ3) is 2.63. The Morgan fingerprint density at radius 3 is 2.33 bits per heavy atom. The van der Waals surface area contributed by atoms with E-state index in [-0.39, 0.29) is 5.41 Å². The van der Waals surface area contributed by atoms with E-state index < -0.39 is 0 Å². The molecule has 1 aromatic carbocycles. The molecule has 15 heavy (non-hydrogen) atoms. The van der Waals surface area contributed by atoms with Gasteiger partial charge in [-0.05, 0) is 45.7 Å². The molecule has 0 aliphatic heterocycles.